The Morgan fingerprint density at radius 1 is 1.67 bits per heavy atom. The van der Waals surface area contributed by atoms with Crippen LogP contribution in [0.2, 0.25) is 0 Å². The minimum Gasteiger partial charge on any atom is -0.409 e. The number of hydrogen-bond acceptors (Lipinski definition) is 5. The molecule has 9 heteroatoms. The van der Waals surface area contributed by atoms with Crippen LogP contribution in [0.4, 0.5) is 0 Å². The van der Waals surface area contributed by atoms with Crippen LogP contribution >= 0.6 is 0 Å². The molecule has 102 valence electrons. The molecule has 0 amide bonds. The molecule has 1 aromatic heterocycles. The van der Waals surface area contributed by atoms with Crippen LogP contribution in [0, 0.1) is 0 Å². The van der Waals surface area contributed by atoms with Crippen molar-refractivity contribution in [3.8, 4) is 0 Å². The summed E-state index contributed by atoms with van der Waals surface area (Å²) in [5.41, 5.74) is 5.39. The Kier molecular flexibility index (Phi) is 4.68. The fourth-order valence-electron chi connectivity index (χ4n) is 1.33. The van der Waals surface area contributed by atoms with E-state index in [0.717, 1.165) is 0 Å². The topological polar surface area (TPSA) is 133 Å². The van der Waals surface area contributed by atoms with Gasteiger partial charge in [0.15, 0.2) is 10.9 Å². The fraction of sp³-hybridized carbons (Fsp3) is 0.556. The van der Waals surface area contributed by atoms with Crippen molar-refractivity contribution in [1.82, 2.24) is 14.7 Å². The van der Waals surface area contributed by atoms with Gasteiger partial charge >= 0.3 is 0 Å². The number of sulfonamides is 1. The number of nitrogens with one attached hydrogen (secondary N) is 2. The molecule has 0 bridgehead atoms. The maximum absolute atomic E-state index is 12.0. The van der Waals surface area contributed by atoms with Gasteiger partial charge in [-0.15, -0.1) is 0 Å². The van der Waals surface area contributed by atoms with Crippen molar-refractivity contribution in [2.45, 2.75) is 37.8 Å². The van der Waals surface area contributed by atoms with Crippen molar-refractivity contribution < 1.29 is 13.6 Å². The average Bonchev–Trinajstić information content (AvgIpc) is 2.84. The van der Waals surface area contributed by atoms with E-state index in [1.54, 1.807) is 6.92 Å². The van der Waals surface area contributed by atoms with Crippen LogP contribution in [0.3, 0.4) is 0 Å². The van der Waals surface area contributed by atoms with Gasteiger partial charge < -0.3 is 15.9 Å². The van der Waals surface area contributed by atoms with E-state index in [2.05, 4.69) is 19.8 Å². The Labute approximate surface area is 105 Å². The predicted molar refractivity (Wildman–Crippen MR) is 65.8 cm³/mol. The van der Waals surface area contributed by atoms with Crippen LogP contribution in [0.1, 0.15) is 26.1 Å². The Balaban J connectivity index is 2.93. The van der Waals surface area contributed by atoms with E-state index in [9.17, 15) is 8.42 Å². The number of aromatic amines is 1. The van der Waals surface area contributed by atoms with Gasteiger partial charge in [0.05, 0.1) is 12.2 Å². The second-order valence-corrected chi connectivity index (χ2v) is 5.34. The lowest BCUT2D eigenvalue weighted by Crippen LogP contribution is -2.44. The SMILES string of the molecule is CCc1ncc(S(=O)(=O)NC(CC)C(N)=NO)[nH]1. The number of amidine groups is 1. The number of H-pyrrole nitrogens is 1. The number of nitrogens with zero attached hydrogens (tertiary/aromatic N) is 2. The molecular formula is C9H17N5O3S. The number of aromatic nitrogens is 2. The van der Waals surface area contributed by atoms with E-state index in [-0.39, 0.29) is 10.9 Å². The van der Waals surface area contributed by atoms with Gasteiger partial charge in [-0.3, -0.25) is 0 Å². The number of hydrogen-bond donors (Lipinski definition) is 4. The molecule has 1 aromatic rings. The van der Waals surface area contributed by atoms with Crippen molar-refractivity contribution in [2.24, 2.45) is 10.9 Å². The van der Waals surface area contributed by atoms with Gasteiger partial charge in [-0.25, -0.2) is 13.4 Å². The van der Waals surface area contributed by atoms with Gasteiger partial charge in [-0.1, -0.05) is 19.0 Å². The molecule has 1 heterocycles. The maximum atomic E-state index is 12.0. The summed E-state index contributed by atoms with van der Waals surface area (Å²) in [4.78, 5) is 6.60. The monoisotopic (exact) mass is 275 g/mol. The first-order chi connectivity index (χ1) is 8.44. The van der Waals surface area contributed by atoms with Gasteiger partial charge in [0.25, 0.3) is 10.0 Å². The molecule has 0 saturated heterocycles. The first kappa shape index (κ1) is 14.5. The highest BCUT2D eigenvalue weighted by Gasteiger charge is 2.23. The van der Waals surface area contributed by atoms with Gasteiger partial charge in [-0.2, -0.15) is 4.72 Å². The molecule has 18 heavy (non-hydrogen) atoms. The second kappa shape index (κ2) is 5.83. The maximum Gasteiger partial charge on any atom is 0.258 e. The van der Waals surface area contributed by atoms with E-state index in [1.165, 1.54) is 6.20 Å². The van der Waals surface area contributed by atoms with Crippen LogP contribution in [0.5, 0.6) is 0 Å². The Hall–Kier alpha value is -1.61. The minimum absolute atomic E-state index is 0.0384. The van der Waals surface area contributed by atoms with Gasteiger partial charge in [0.1, 0.15) is 5.82 Å². The summed E-state index contributed by atoms with van der Waals surface area (Å²) in [6, 6.07) is -0.756. The van der Waals surface area contributed by atoms with Gasteiger partial charge in [0.2, 0.25) is 0 Å². The highest BCUT2D eigenvalue weighted by molar-refractivity contribution is 7.89. The van der Waals surface area contributed by atoms with Crippen LogP contribution in [0.15, 0.2) is 16.4 Å². The summed E-state index contributed by atoms with van der Waals surface area (Å²) in [5, 5.41) is 11.3. The van der Waals surface area contributed by atoms with Crippen LogP contribution < -0.4 is 10.5 Å². The van der Waals surface area contributed by atoms with E-state index in [1.807, 2.05) is 6.92 Å². The van der Waals surface area contributed by atoms with E-state index < -0.39 is 16.1 Å². The molecule has 0 fully saturated rings. The highest BCUT2D eigenvalue weighted by Crippen LogP contribution is 2.07. The van der Waals surface area contributed by atoms with E-state index in [4.69, 9.17) is 10.9 Å². The summed E-state index contributed by atoms with van der Waals surface area (Å²) in [5.74, 6) is 0.392. The fourth-order valence-corrected chi connectivity index (χ4v) is 2.57. The molecule has 0 aliphatic rings. The van der Waals surface area contributed by atoms with Crippen molar-refractivity contribution in [2.75, 3.05) is 0 Å². The molecule has 0 radical (unpaired) electrons. The second-order valence-electron chi connectivity index (χ2n) is 3.65. The largest absolute Gasteiger partial charge is 0.409 e. The zero-order valence-electron chi connectivity index (χ0n) is 10.2. The molecule has 0 spiro atoms. The first-order valence-electron chi connectivity index (χ1n) is 5.48. The third kappa shape index (κ3) is 3.20. The number of nitrogens with two attached hydrogens (primary N) is 1. The predicted octanol–water partition coefficient (Wildman–Crippen LogP) is -0.225. The molecule has 1 atom stereocenters. The molecular weight excluding hydrogens is 258 g/mol. The van der Waals surface area contributed by atoms with Gasteiger partial charge in [0, 0.05) is 6.42 Å². The lowest BCUT2D eigenvalue weighted by molar-refractivity contribution is 0.315. The summed E-state index contributed by atoms with van der Waals surface area (Å²) in [6.45, 7) is 3.57. The lowest BCUT2D eigenvalue weighted by Gasteiger charge is -2.14. The lowest BCUT2D eigenvalue weighted by atomic mass is 10.2. The Bertz CT molecular complexity index is 522. The molecule has 0 aliphatic carbocycles. The Morgan fingerprint density at radius 3 is 2.78 bits per heavy atom. The van der Waals surface area contributed by atoms with Crippen molar-refractivity contribution in [3.63, 3.8) is 0 Å². The highest BCUT2D eigenvalue weighted by atomic mass is 32.2. The summed E-state index contributed by atoms with van der Waals surface area (Å²) in [7, 11) is -3.76. The number of rotatable bonds is 6. The van der Waals surface area contributed by atoms with Crippen LogP contribution in [-0.4, -0.2) is 35.5 Å². The number of imidazole rings is 1. The number of oxime groups is 1. The van der Waals surface area contributed by atoms with E-state index >= 15 is 0 Å². The van der Waals surface area contributed by atoms with Crippen molar-refractivity contribution in [3.05, 3.63) is 12.0 Å². The normalized spacial score (nSPS) is 14.7. The van der Waals surface area contributed by atoms with Crippen molar-refractivity contribution >= 4 is 15.9 Å². The van der Waals surface area contributed by atoms with Crippen LogP contribution in [0.25, 0.3) is 0 Å². The summed E-state index contributed by atoms with van der Waals surface area (Å²) in [6.07, 6.45) is 2.21. The first-order valence-corrected chi connectivity index (χ1v) is 6.96. The molecule has 0 saturated carbocycles. The third-order valence-corrected chi connectivity index (χ3v) is 3.79. The minimum atomic E-state index is -3.76. The molecule has 0 aromatic carbocycles. The van der Waals surface area contributed by atoms with Crippen molar-refractivity contribution in [1.29, 1.82) is 0 Å². The third-order valence-electron chi connectivity index (χ3n) is 2.41. The molecule has 5 N–H and O–H groups in total. The molecule has 8 nitrogen and oxygen atoms in total. The summed E-state index contributed by atoms with van der Waals surface area (Å²) >= 11 is 0. The average molecular weight is 275 g/mol. The standard InChI is InChI=1S/C9H17N5O3S/c1-3-6(9(10)13-15)14-18(16,17)8-5-11-7(4-2)12-8/h5-6,14-15H,3-4H2,1-2H3,(H2,10,13)(H,11,12). The molecule has 1 rings (SSSR count). The smallest absolute Gasteiger partial charge is 0.258 e. The number of aryl methyl sites for hydroxylation is 1. The molecule has 1 unspecified atom stereocenters. The van der Waals surface area contributed by atoms with Gasteiger partial charge in [-0.05, 0) is 6.42 Å². The zero-order chi connectivity index (χ0) is 13.8. The quantitative estimate of drug-likeness (QED) is 0.246. The zero-order valence-corrected chi connectivity index (χ0v) is 11.0. The van der Waals surface area contributed by atoms with E-state index in [0.29, 0.717) is 18.7 Å². The summed E-state index contributed by atoms with van der Waals surface area (Å²) < 4.78 is 26.3. The molecule has 0 aliphatic heterocycles. The Morgan fingerprint density at radius 2 is 2.33 bits per heavy atom. The van der Waals surface area contributed by atoms with Crippen LogP contribution in [-0.2, 0) is 16.4 Å².